The maximum atomic E-state index is 8.99. The lowest BCUT2D eigenvalue weighted by atomic mass is 9.95. The Hall–Kier alpha value is -1.69. The number of anilines is 1. The Morgan fingerprint density at radius 1 is 1.50 bits per heavy atom. The molecule has 2 rings (SSSR count). The third-order valence-corrected chi connectivity index (χ3v) is 3.29. The van der Waals surface area contributed by atoms with Gasteiger partial charge in [-0.2, -0.15) is 0 Å². The summed E-state index contributed by atoms with van der Waals surface area (Å²) in [6.07, 6.45) is 6.32. The SMILES string of the molecule is N=C(N)c1cnc(N2CCCC(CCO)C2)cn1. The summed E-state index contributed by atoms with van der Waals surface area (Å²) < 4.78 is 0. The van der Waals surface area contributed by atoms with Gasteiger partial charge in [-0.15, -0.1) is 0 Å². The highest BCUT2D eigenvalue weighted by Gasteiger charge is 2.20. The van der Waals surface area contributed by atoms with E-state index in [-0.39, 0.29) is 12.4 Å². The van der Waals surface area contributed by atoms with E-state index in [4.69, 9.17) is 16.2 Å². The van der Waals surface area contributed by atoms with Gasteiger partial charge in [-0.05, 0) is 25.2 Å². The molecule has 1 aromatic heterocycles. The van der Waals surface area contributed by atoms with E-state index in [1.807, 2.05) is 0 Å². The van der Waals surface area contributed by atoms with Crippen LogP contribution in [0.25, 0.3) is 0 Å². The topological polar surface area (TPSA) is 99.1 Å². The number of nitrogen functional groups attached to an aromatic ring is 1. The smallest absolute Gasteiger partial charge is 0.147 e. The van der Waals surface area contributed by atoms with E-state index in [0.29, 0.717) is 11.6 Å². The molecule has 0 spiro atoms. The molecule has 18 heavy (non-hydrogen) atoms. The van der Waals surface area contributed by atoms with Crippen molar-refractivity contribution in [2.75, 3.05) is 24.6 Å². The Labute approximate surface area is 106 Å². The highest BCUT2D eigenvalue weighted by atomic mass is 16.3. The molecule has 1 aliphatic heterocycles. The normalized spacial score (nSPS) is 19.8. The van der Waals surface area contributed by atoms with Gasteiger partial charge in [0.05, 0.1) is 12.4 Å². The number of hydrogen-bond donors (Lipinski definition) is 3. The minimum absolute atomic E-state index is 0.0640. The predicted octanol–water partition coefficient (Wildman–Crippen LogP) is 0.359. The molecule has 0 bridgehead atoms. The van der Waals surface area contributed by atoms with E-state index in [0.717, 1.165) is 38.2 Å². The number of aromatic nitrogens is 2. The quantitative estimate of drug-likeness (QED) is 0.528. The van der Waals surface area contributed by atoms with Crippen molar-refractivity contribution in [1.82, 2.24) is 9.97 Å². The zero-order valence-corrected chi connectivity index (χ0v) is 10.3. The third kappa shape index (κ3) is 2.95. The molecule has 2 heterocycles. The van der Waals surface area contributed by atoms with Crippen LogP contribution in [0.4, 0.5) is 5.82 Å². The second-order valence-electron chi connectivity index (χ2n) is 4.64. The first kappa shape index (κ1) is 12.8. The van der Waals surface area contributed by atoms with Crippen molar-refractivity contribution in [1.29, 1.82) is 5.41 Å². The van der Waals surface area contributed by atoms with Gasteiger partial charge in [-0.1, -0.05) is 0 Å². The summed E-state index contributed by atoms with van der Waals surface area (Å²) in [6, 6.07) is 0. The summed E-state index contributed by atoms with van der Waals surface area (Å²) in [5, 5.41) is 16.3. The number of hydrogen-bond acceptors (Lipinski definition) is 5. The van der Waals surface area contributed by atoms with Crippen LogP contribution in [0, 0.1) is 11.3 Å². The van der Waals surface area contributed by atoms with Crippen molar-refractivity contribution in [3.8, 4) is 0 Å². The van der Waals surface area contributed by atoms with Crippen molar-refractivity contribution < 1.29 is 5.11 Å². The third-order valence-electron chi connectivity index (χ3n) is 3.29. The largest absolute Gasteiger partial charge is 0.396 e. The molecular weight excluding hydrogens is 230 g/mol. The maximum Gasteiger partial charge on any atom is 0.147 e. The summed E-state index contributed by atoms with van der Waals surface area (Å²) in [5.41, 5.74) is 5.75. The molecule has 0 amide bonds. The molecule has 1 atom stereocenters. The summed E-state index contributed by atoms with van der Waals surface area (Å²) in [5.74, 6) is 1.28. The van der Waals surface area contributed by atoms with Crippen molar-refractivity contribution in [3.63, 3.8) is 0 Å². The fourth-order valence-corrected chi connectivity index (χ4v) is 2.31. The number of nitrogens with two attached hydrogens (primary N) is 1. The molecule has 0 aromatic carbocycles. The maximum absolute atomic E-state index is 8.99. The molecule has 0 radical (unpaired) electrons. The molecule has 1 unspecified atom stereocenters. The van der Waals surface area contributed by atoms with Gasteiger partial charge in [0.2, 0.25) is 0 Å². The first-order valence-electron chi connectivity index (χ1n) is 6.23. The minimum Gasteiger partial charge on any atom is -0.396 e. The zero-order valence-electron chi connectivity index (χ0n) is 10.3. The molecule has 0 saturated carbocycles. The van der Waals surface area contributed by atoms with Crippen LogP contribution in [0.2, 0.25) is 0 Å². The van der Waals surface area contributed by atoms with Gasteiger partial charge in [-0.25, -0.2) is 9.97 Å². The Balaban J connectivity index is 2.04. The van der Waals surface area contributed by atoms with Crippen molar-refractivity contribution in [2.24, 2.45) is 11.7 Å². The first-order valence-corrected chi connectivity index (χ1v) is 6.23. The van der Waals surface area contributed by atoms with Gasteiger partial charge < -0.3 is 15.7 Å². The van der Waals surface area contributed by atoms with Crippen LogP contribution in [-0.4, -0.2) is 40.6 Å². The van der Waals surface area contributed by atoms with E-state index in [1.165, 1.54) is 6.20 Å². The number of aliphatic hydroxyl groups is 1. The Kier molecular flexibility index (Phi) is 4.09. The van der Waals surface area contributed by atoms with Crippen LogP contribution in [0.1, 0.15) is 25.0 Å². The van der Waals surface area contributed by atoms with Gasteiger partial charge in [0.15, 0.2) is 0 Å². The van der Waals surface area contributed by atoms with E-state index in [9.17, 15) is 0 Å². The van der Waals surface area contributed by atoms with E-state index in [2.05, 4.69) is 14.9 Å². The average Bonchev–Trinajstić information content (AvgIpc) is 2.39. The van der Waals surface area contributed by atoms with Gasteiger partial charge >= 0.3 is 0 Å². The number of amidine groups is 1. The van der Waals surface area contributed by atoms with Crippen LogP contribution in [0.5, 0.6) is 0 Å². The summed E-state index contributed by atoms with van der Waals surface area (Å²) >= 11 is 0. The predicted molar refractivity (Wildman–Crippen MR) is 69.7 cm³/mol. The highest BCUT2D eigenvalue weighted by Crippen LogP contribution is 2.22. The fraction of sp³-hybridized carbons (Fsp3) is 0.583. The molecule has 6 heteroatoms. The molecule has 1 saturated heterocycles. The second-order valence-corrected chi connectivity index (χ2v) is 4.64. The fourth-order valence-electron chi connectivity index (χ4n) is 2.31. The summed E-state index contributed by atoms with van der Waals surface area (Å²) in [4.78, 5) is 10.6. The summed E-state index contributed by atoms with van der Waals surface area (Å²) in [7, 11) is 0. The van der Waals surface area contributed by atoms with Crippen LogP contribution in [0.15, 0.2) is 12.4 Å². The van der Waals surface area contributed by atoms with Gasteiger partial charge in [0.25, 0.3) is 0 Å². The van der Waals surface area contributed by atoms with Crippen LogP contribution in [0.3, 0.4) is 0 Å². The summed E-state index contributed by atoms with van der Waals surface area (Å²) in [6.45, 7) is 2.12. The molecule has 6 nitrogen and oxygen atoms in total. The standard InChI is InChI=1S/C12H19N5O/c13-12(14)10-6-16-11(7-15-10)17-4-1-2-9(8-17)3-5-18/h6-7,9,18H,1-5,8H2,(H3,13,14). The van der Waals surface area contributed by atoms with Gasteiger partial charge in [-0.3, -0.25) is 5.41 Å². The van der Waals surface area contributed by atoms with Crippen molar-refractivity contribution >= 4 is 11.7 Å². The molecule has 1 aliphatic rings. The minimum atomic E-state index is -0.0640. The van der Waals surface area contributed by atoms with Crippen molar-refractivity contribution in [3.05, 3.63) is 18.1 Å². The molecule has 98 valence electrons. The van der Waals surface area contributed by atoms with Gasteiger partial charge in [0.1, 0.15) is 17.3 Å². The number of piperidine rings is 1. The second kappa shape index (κ2) is 5.77. The van der Waals surface area contributed by atoms with Crippen molar-refractivity contribution in [2.45, 2.75) is 19.3 Å². The van der Waals surface area contributed by atoms with Gasteiger partial charge in [0, 0.05) is 19.7 Å². The lowest BCUT2D eigenvalue weighted by molar-refractivity contribution is 0.244. The average molecular weight is 249 g/mol. The number of nitrogens with zero attached hydrogens (tertiary/aromatic N) is 3. The Morgan fingerprint density at radius 3 is 2.94 bits per heavy atom. The molecule has 4 N–H and O–H groups in total. The lowest BCUT2D eigenvalue weighted by Crippen LogP contribution is -2.36. The lowest BCUT2D eigenvalue weighted by Gasteiger charge is -2.33. The molecule has 1 aromatic rings. The Bertz CT molecular complexity index is 403. The molecule has 1 fully saturated rings. The monoisotopic (exact) mass is 249 g/mol. The number of nitrogens with one attached hydrogen (secondary N) is 1. The van der Waals surface area contributed by atoms with Crippen LogP contribution in [-0.2, 0) is 0 Å². The van der Waals surface area contributed by atoms with Crippen LogP contribution < -0.4 is 10.6 Å². The number of rotatable bonds is 4. The van der Waals surface area contributed by atoms with E-state index < -0.39 is 0 Å². The van der Waals surface area contributed by atoms with E-state index in [1.54, 1.807) is 6.20 Å². The molecule has 0 aliphatic carbocycles. The molecular formula is C12H19N5O. The van der Waals surface area contributed by atoms with Crippen LogP contribution >= 0.6 is 0 Å². The zero-order chi connectivity index (χ0) is 13.0. The number of aliphatic hydroxyl groups excluding tert-OH is 1. The Morgan fingerprint density at radius 2 is 2.33 bits per heavy atom. The van der Waals surface area contributed by atoms with E-state index >= 15 is 0 Å². The first-order chi connectivity index (χ1) is 8.70. The highest BCUT2D eigenvalue weighted by molar-refractivity contribution is 5.92.